The minimum Gasteiger partial charge on any atom is -0.497 e. The van der Waals surface area contributed by atoms with Crippen molar-refractivity contribution in [3.8, 4) is 17.2 Å². The van der Waals surface area contributed by atoms with E-state index in [9.17, 15) is 14.7 Å². The van der Waals surface area contributed by atoms with Gasteiger partial charge >= 0.3 is 11.9 Å². The Labute approximate surface area is 157 Å². The van der Waals surface area contributed by atoms with Crippen LogP contribution in [0.15, 0.2) is 48.5 Å². The molecule has 0 amide bonds. The molecule has 0 radical (unpaired) electrons. The molecule has 27 heavy (non-hydrogen) atoms. The molecule has 1 aliphatic rings. The monoisotopic (exact) mass is 370 g/mol. The van der Waals surface area contributed by atoms with Crippen molar-refractivity contribution in [2.24, 2.45) is 5.92 Å². The Morgan fingerprint density at radius 2 is 1.33 bits per heavy atom. The topological polar surface area (TPSA) is 82.1 Å². The van der Waals surface area contributed by atoms with Crippen molar-refractivity contribution >= 4 is 11.9 Å². The third kappa shape index (κ3) is 5.08. The first kappa shape index (κ1) is 18.9. The molecule has 0 aromatic heterocycles. The Morgan fingerprint density at radius 3 is 1.89 bits per heavy atom. The number of benzene rings is 2. The zero-order valence-electron chi connectivity index (χ0n) is 15.1. The highest BCUT2D eigenvalue weighted by Gasteiger charge is 2.26. The van der Waals surface area contributed by atoms with E-state index in [1.165, 1.54) is 0 Å². The maximum Gasteiger partial charge on any atom is 0.343 e. The van der Waals surface area contributed by atoms with E-state index >= 15 is 0 Å². The summed E-state index contributed by atoms with van der Waals surface area (Å²) in [5.41, 5.74) is 0.408. The number of ether oxygens (including phenoxy) is 3. The molecule has 0 atom stereocenters. The minimum absolute atomic E-state index is 0.180. The number of hydrogen-bond donors (Lipinski definition) is 1. The molecule has 2 aromatic carbocycles. The lowest BCUT2D eigenvalue weighted by Crippen LogP contribution is -2.27. The predicted molar refractivity (Wildman–Crippen MR) is 98.0 cm³/mol. The van der Waals surface area contributed by atoms with E-state index in [4.69, 9.17) is 14.2 Å². The van der Waals surface area contributed by atoms with E-state index in [2.05, 4.69) is 0 Å². The number of hydrogen-bond acceptors (Lipinski definition) is 6. The Hall–Kier alpha value is -2.86. The molecular formula is C21H22O6. The average molecular weight is 370 g/mol. The Bertz CT molecular complexity index is 773. The normalized spacial score (nSPS) is 19.2. The van der Waals surface area contributed by atoms with Crippen LogP contribution in [0.1, 0.15) is 36.0 Å². The lowest BCUT2D eigenvalue weighted by molar-refractivity contribution is -0.140. The first-order valence-electron chi connectivity index (χ1n) is 8.91. The van der Waals surface area contributed by atoms with Crippen LogP contribution < -0.4 is 14.2 Å². The quantitative estimate of drug-likeness (QED) is 0.642. The van der Waals surface area contributed by atoms with Gasteiger partial charge in [0.1, 0.15) is 17.2 Å². The molecule has 1 aliphatic carbocycles. The molecule has 6 nitrogen and oxygen atoms in total. The molecule has 6 heteroatoms. The van der Waals surface area contributed by atoms with E-state index in [0.29, 0.717) is 48.5 Å². The lowest BCUT2D eigenvalue weighted by Gasteiger charge is -2.23. The van der Waals surface area contributed by atoms with Gasteiger partial charge in [-0.25, -0.2) is 4.79 Å². The number of esters is 2. The molecule has 2 aromatic rings. The summed E-state index contributed by atoms with van der Waals surface area (Å²) in [6.07, 6.45) is 2.21. The molecule has 3 rings (SSSR count). The summed E-state index contributed by atoms with van der Waals surface area (Å²) < 4.78 is 15.8. The summed E-state index contributed by atoms with van der Waals surface area (Å²) >= 11 is 0. The van der Waals surface area contributed by atoms with Crippen LogP contribution >= 0.6 is 0 Å². The number of aliphatic hydroxyl groups excluding tert-OH is 1. The van der Waals surface area contributed by atoms with Gasteiger partial charge in [-0.05, 0) is 74.2 Å². The SMILES string of the molecule is COc1ccc(C(=O)Oc2ccc(OC(=O)[C@H]3CC[C@@H](O)CC3)cc2)cc1. The molecule has 0 bridgehead atoms. The zero-order chi connectivity index (χ0) is 19.2. The third-order valence-electron chi connectivity index (χ3n) is 4.61. The van der Waals surface area contributed by atoms with E-state index in [-0.39, 0.29) is 18.0 Å². The second-order valence-corrected chi connectivity index (χ2v) is 6.52. The van der Waals surface area contributed by atoms with E-state index in [1.54, 1.807) is 55.6 Å². The maximum atomic E-state index is 12.2. The van der Waals surface area contributed by atoms with E-state index in [0.717, 1.165) is 0 Å². The van der Waals surface area contributed by atoms with Gasteiger partial charge < -0.3 is 19.3 Å². The van der Waals surface area contributed by atoms with Crippen molar-refractivity contribution in [2.75, 3.05) is 7.11 Å². The highest BCUT2D eigenvalue weighted by atomic mass is 16.5. The second-order valence-electron chi connectivity index (χ2n) is 6.52. The van der Waals surface area contributed by atoms with Gasteiger partial charge in [0.15, 0.2) is 0 Å². The predicted octanol–water partition coefficient (Wildman–Crippen LogP) is 3.37. The average Bonchev–Trinajstić information content (AvgIpc) is 2.70. The first-order chi connectivity index (χ1) is 13.0. The summed E-state index contributed by atoms with van der Waals surface area (Å²) in [4.78, 5) is 24.3. The maximum absolute atomic E-state index is 12.2. The van der Waals surface area contributed by atoms with Crippen LogP contribution in [-0.4, -0.2) is 30.3 Å². The molecular weight excluding hydrogens is 348 g/mol. The first-order valence-corrected chi connectivity index (χ1v) is 8.91. The number of methoxy groups -OCH3 is 1. The van der Waals surface area contributed by atoms with Crippen molar-refractivity contribution in [2.45, 2.75) is 31.8 Å². The highest BCUT2D eigenvalue weighted by Crippen LogP contribution is 2.27. The van der Waals surface area contributed by atoms with Crippen LogP contribution in [0.3, 0.4) is 0 Å². The standard InChI is InChI=1S/C21H22O6/c1-25-17-8-4-15(5-9-17)21(24)27-19-12-10-18(11-13-19)26-20(23)14-2-6-16(22)7-3-14/h4-5,8-14,16,22H,2-3,6-7H2,1H3/t14-,16+. The molecule has 0 heterocycles. The van der Waals surface area contributed by atoms with Gasteiger partial charge in [-0.15, -0.1) is 0 Å². The van der Waals surface area contributed by atoms with Gasteiger partial charge in [0.2, 0.25) is 0 Å². The smallest absolute Gasteiger partial charge is 0.343 e. The van der Waals surface area contributed by atoms with Crippen LogP contribution in [0, 0.1) is 5.92 Å². The fourth-order valence-corrected chi connectivity index (χ4v) is 2.98. The van der Waals surface area contributed by atoms with Crippen LogP contribution in [0.25, 0.3) is 0 Å². The molecule has 1 fully saturated rings. The third-order valence-corrected chi connectivity index (χ3v) is 4.61. The van der Waals surface area contributed by atoms with Gasteiger partial charge in [-0.2, -0.15) is 0 Å². The van der Waals surface area contributed by atoms with Gasteiger partial charge in [0.25, 0.3) is 0 Å². The van der Waals surface area contributed by atoms with E-state index < -0.39 is 5.97 Å². The van der Waals surface area contributed by atoms with Gasteiger partial charge in [-0.3, -0.25) is 4.79 Å². The Balaban J connectivity index is 1.55. The summed E-state index contributed by atoms with van der Waals surface area (Å²) in [7, 11) is 1.55. The van der Waals surface area contributed by atoms with E-state index in [1.807, 2.05) is 0 Å². The molecule has 142 valence electrons. The number of carbonyl (C=O) groups excluding carboxylic acids is 2. The second kappa shape index (κ2) is 8.68. The Morgan fingerprint density at radius 1 is 0.815 bits per heavy atom. The van der Waals surface area contributed by atoms with Crippen molar-refractivity contribution in [1.82, 2.24) is 0 Å². The van der Waals surface area contributed by atoms with Crippen LogP contribution in [-0.2, 0) is 4.79 Å². The van der Waals surface area contributed by atoms with Crippen molar-refractivity contribution in [3.63, 3.8) is 0 Å². The van der Waals surface area contributed by atoms with Crippen molar-refractivity contribution in [1.29, 1.82) is 0 Å². The fourth-order valence-electron chi connectivity index (χ4n) is 2.98. The van der Waals surface area contributed by atoms with Crippen LogP contribution in [0.4, 0.5) is 0 Å². The number of aliphatic hydroxyl groups is 1. The Kier molecular flexibility index (Phi) is 6.08. The van der Waals surface area contributed by atoms with Crippen molar-refractivity contribution in [3.05, 3.63) is 54.1 Å². The summed E-state index contributed by atoms with van der Waals surface area (Å²) in [6, 6.07) is 12.9. The summed E-state index contributed by atoms with van der Waals surface area (Å²) in [6.45, 7) is 0. The van der Waals surface area contributed by atoms with Gasteiger partial charge in [0, 0.05) is 0 Å². The largest absolute Gasteiger partial charge is 0.497 e. The molecule has 0 aliphatic heterocycles. The zero-order valence-corrected chi connectivity index (χ0v) is 15.1. The van der Waals surface area contributed by atoms with Gasteiger partial charge in [-0.1, -0.05) is 0 Å². The molecule has 1 N–H and O–H groups in total. The van der Waals surface area contributed by atoms with Crippen molar-refractivity contribution < 1.29 is 28.9 Å². The molecule has 0 unspecified atom stereocenters. The molecule has 0 spiro atoms. The van der Waals surface area contributed by atoms with Crippen LogP contribution in [0.2, 0.25) is 0 Å². The van der Waals surface area contributed by atoms with Gasteiger partial charge in [0.05, 0.1) is 24.7 Å². The minimum atomic E-state index is -0.483. The lowest BCUT2D eigenvalue weighted by atomic mass is 9.87. The van der Waals surface area contributed by atoms with Crippen LogP contribution in [0.5, 0.6) is 17.2 Å². The summed E-state index contributed by atoms with van der Waals surface area (Å²) in [5, 5.41) is 9.51. The molecule has 0 saturated heterocycles. The number of rotatable bonds is 5. The molecule has 1 saturated carbocycles. The fraction of sp³-hybridized carbons (Fsp3) is 0.333. The highest BCUT2D eigenvalue weighted by molar-refractivity contribution is 5.91. The summed E-state index contributed by atoms with van der Waals surface area (Å²) in [5.74, 6) is 0.464. The number of carbonyl (C=O) groups is 2.